The molecule has 0 spiro atoms. The Bertz CT molecular complexity index is 350. The Labute approximate surface area is 103 Å². The van der Waals surface area contributed by atoms with Crippen molar-refractivity contribution < 1.29 is 14.3 Å². The van der Waals surface area contributed by atoms with Crippen LogP contribution in [0.4, 0.5) is 4.79 Å². The summed E-state index contributed by atoms with van der Waals surface area (Å²) in [7, 11) is 0. The maximum Gasteiger partial charge on any atom is 0.417 e. The van der Waals surface area contributed by atoms with Crippen LogP contribution in [-0.4, -0.2) is 29.0 Å². The van der Waals surface area contributed by atoms with Gasteiger partial charge in [0, 0.05) is 6.42 Å². The maximum absolute atomic E-state index is 11.9. The number of ether oxygens (including phenoxy) is 1. The predicted octanol–water partition coefficient (Wildman–Crippen LogP) is 2.74. The lowest BCUT2D eigenvalue weighted by molar-refractivity contribution is -0.131. The first-order chi connectivity index (χ1) is 7.61. The van der Waals surface area contributed by atoms with Crippen LogP contribution in [0.5, 0.6) is 0 Å². The number of imide groups is 1. The molecule has 0 atom stereocenters. The molecule has 0 saturated carbocycles. The molecule has 0 saturated heterocycles. The SMILES string of the molecule is CC1(C)C=CCN(C(=O)OC(C)(C)C)C(=O)C1. The summed E-state index contributed by atoms with van der Waals surface area (Å²) in [5, 5.41) is 0. The second kappa shape index (κ2) is 4.51. The van der Waals surface area contributed by atoms with Crippen LogP contribution < -0.4 is 0 Å². The van der Waals surface area contributed by atoms with E-state index in [0.29, 0.717) is 6.42 Å². The van der Waals surface area contributed by atoms with Crippen molar-refractivity contribution in [1.82, 2.24) is 4.90 Å². The molecular formula is C13H21NO3. The average Bonchev–Trinajstić information content (AvgIpc) is 2.19. The third-order valence-electron chi connectivity index (χ3n) is 2.38. The summed E-state index contributed by atoms with van der Waals surface area (Å²) in [6.07, 6.45) is 3.57. The highest BCUT2D eigenvalue weighted by Crippen LogP contribution is 2.26. The summed E-state index contributed by atoms with van der Waals surface area (Å²) in [5.74, 6) is -0.186. The van der Waals surface area contributed by atoms with E-state index in [1.54, 1.807) is 20.8 Å². The van der Waals surface area contributed by atoms with Crippen LogP contribution in [0.15, 0.2) is 12.2 Å². The number of amides is 2. The van der Waals surface area contributed by atoms with E-state index in [0.717, 1.165) is 4.90 Å². The van der Waals surface area contributed by atoms with Crippen LogP contribution in [0.1, 0.15) is 41.0 Å². The lowest BCUT2D eigenvalue weighted by atomic mass is 9.89. The molecule has 1 aliphatic rings. The van der Waals surface area contributed by atoms with E-state index in [4.69, 9.17) is 4.74 Å². The van der Waals surface area contributed by atoms with E-state index in [9.17, 15) is 9.59 Å². The molecule has 0 fully saturated rings. The smallest absolute Gasteiger partial charge is 0.417 e. The highest BCUT2D eigenvalue weighted by molar-refractivity contribution is 5.93. The highest BCUT2D eigenvalue weighted by Gasteiger charge is 2.31. The fourth-order valence-corrected chi connectivity index (χ4v) is 1.62. The van der Waals surface area contributed by atoms with Crippen molar-refractivity contribution in [2.45, 2.75) is 46.6 Å². The number of carbonyl (C=O) groups excluding carboxylic acids is 2. The summed E-state index contributed by atoms with van der Waals surface area (Å²) in [5.41, 5.74) is -0.781. The van der Waals surface area contributed by atoms with Gasteiger partial charge in [0.2, 0.25) is 5.91 Å². The van der Waals surface area contributed by atoms with Gasteiger partial charge in [-0.1, -0.05) is 26.0 Å². The van der Waals surface area contributed by atoms with E-state index in [-0.39, 0.29) is 17.9 Å². The molecule has 0 aromatic rings. The largest absolute Gasteiger partial charge is 0.443 e. The number of rotatable bonds is 0. The fraction of sp³-hybridized carbons (Fsp3) is 0.692. The molecule has 0 aromatic carbocycles. The van der Waals surface area contributed by atoms with E-state index in [2.05, 4.69) is 0 Å². The first-order valence-corrected chi connectivity index (χ1v) is 5.82. The van der Waals surface area contributed by atoms with Crippen molar-refractivity contribution in [3.8, 4) is 0 Å². The molecule has 0 bridgehead atoms. The molecule has 0 aliphatic carbocycles. The first kappa shape index (κ1) is 13.7. The molecule has 4 heteroatoms. The lowest BCUT2D eigenvalue weighted by Gasteiger charge is -2.25. The minimum atomic E-state index is -0.580. The summed E-state index contributed by atoms with van der Waals surface area (Å²) >= 11 is 0. The van der Waals surface area contributed by atoms with Crippen molar-refractivity contribution in [2.75, 3.05) is 6.54 Å². The van der Waals surface area contributed by atoms with Gasteiger partial charge in [-0.3, -0.25) is 4.79 Å². The second-order valence-corrected chi connectivity index (χ2v) is 6.05. The van der Waals surface area contributed by atoms with Gasteiger partial charge in [-0.2, -0.15) is 0 Å². The molecule has 1 rings (SSSR count). The molecule has 1 heterocycles. The molecule has 96 valence electrons. The van der Waals surface area contributed by atoms with Gasteiger partial charge in [0.1, 0.15) is 5.60 Å². The van der Waals surface area contributed by atoms with Gasteiger partial charge in [-0.15, -0.1) is 0 Å². The summed E-state index contributed by atoms with van der Waals surface area (Å²) in [6.45, 7) is 9.59. The van der Waals surface area contributed by atoms with Crippen molar-refractivity contribution in [3.05, 3.63) is 12.2 Å². The Hall–Kier alpha value is -1.32. The monoisotopic (exact) mass is 239 g/mol. The quantitative estimate of drug-likeness (QED) is 0.611. The third-order valence-corrected chi connectivity index (χ3v) is 2.38. The van der Waals surface area contributed by atoms with Crippen LogP contribution in [0, 0.1) is 5.41 Å². The molecule has 4 nitrogen and oxygen atoms in total. The van der Waals surface area contributed by atoms with Crippen molar-refractivity contribution in [2.24, 2.45) is 5.41 Å². The maximum atomic E-state index is 11.9. The van der Waals surface area contributed by atoms with E-state index >= 15 is 0 Å². The highest BCUT2D eigenvalue weighted by atomic mass is 16.6. The molecule has 2 amide bonds. The zero-order chi connectivity index (χ0) is 13.3. The Morgan fingerprint density at radius 2 is 2.00 bits per heavy atom. The second-order valence-electron chi connectivity index (χ2n) is 6.05. The minimum Gasteiger partial charge on any atom is -0.443 e. The average molecular weight is 239 g/mol. The molecular weight excluding hydrogens is 218 g/mol. The molecule has 0 N–H and O–H groups in total. The van der Waals surface area contributed by atoms with Crippen LogP contribution in [0.3, 0.4) is 0 Å². The van der Waals surface area contributed by atoms with Crippen molar-refractivity contribution in [3.63, 3.8) is 0 Å². The van der Waals surface area contributed by atoms with Gasteiger partial charge < -0.3 is 4.74 Å². The lowest BCUT2D eigenvalue weighted by Crippen LogP contribution is -2.41. The normalized spacial score (nSPS) is 20.1. The van der Waals surface area contributed by atoms with Gasteiger partial charge in [0.05, 0.1) is 6.54 Å². The molecule has 1 aliphatic heterocycles. The van der Waals surface area contributed by atoms with Crippen molar-refractivity contribution in [1.29, 1.82) is 0 Å². The van der Waals surface area contributed by atoms with Gasteiger partial charge in [0.25, 0.3) is 0 Å². The Kier molecular flexibility index (Phi) is 3.65. The number of nitrogens with zero attached hydrogens (tertiary/aromatic N) is 1. The summed E-state index contributed by atoms with van der Waals surface area (Å²) < 4.78 is 5.20. The topological polar surface area (TPSA) is 46.6 Å². The number of hydrogen-bond donors (Lipinski definition) is 0. The van der Waals surface area contributed by atoms with E-state index in [1.165, 1.54) is 0 Å². The zero-order valence-corrected chi connectivity index (χ0v) is 11.2. The van der Waals surface area contributed by atoms with Crippen LogP contribution in [0.2, 0.25) is 0 Å². The molecule has 0 unspecified atom stereocenters. The van der Waals surface area contributed by atoms with Gasteiger partial charge >= 0.3 is 6.09 Å². The molecule has 0 aromatic heterocycles. The number of hydrogen-bond acceptors (Lipinski definition) is 3. The van der Waals surface area contributed by atoms with Gasteiger partial charge in [0.15, 0.2) is 0 Å². The third kappa shape index (κ3) is 4.21. The first-order valence-electron chi connectivity index (χ1n) is 5.82. The van der Waals surface area contributed by atoms with Crippen LogP contribution >= 0.6 is 0 Å². The molecule has 17 heavy (non-hydrogen) atoms. The molecule has 0 radical (unpaired) electrons. The Morgan fingerprint density at radius 1 is 1.41 bits per heavy atom. The zero-order valence-electron chi connectivity index (χ0n) is 11.2. The van der Waals surface area contributed by atoms with E-state index in [1.807, 2.05) is 26.0 Å². The summed E-state index contributed by atoms with van der Waals surface area (Å²) in [4.78, 5) is 24.9. The van der Waals surface area contributed by atoms with E-state index < -0.39 is 11.7 Å². The number of allylic oxidation sites excluding steroid dienone is 1. The van der Waals surface area contributed by atoms with Gasteiger partial charge in [-0.05, 0) is 26.2 Å². The van der Waals surface area contributed by atoms with Crippen LogP contribution in [0.25, 0.3) is 0 Å². The predicted molar refractivity (Wildman–Crippen MR) is 65.5 cm³/mol. The fourth-order valence-electron chi connectivity index (χ4n) is 1.62. The van der Waals surface area contributed by atoms with Crippen molar-refractivity contribution >= 4 is 12.0 Å². The minimum absolute atomic E-state index is 0.186. The van der Waals surface area contributed by atoms with Crippen LogP contribution in [-0.2, 0) is 9.53 Å². The standard InChI is InChI=1S/C13H21NO3/c1-12(2,3)17-11(16)14-8-6-7-13(4,5)9-10(14)15/h6-7H,8-9H2,1-5H3. The number of carbonyl (C=O) groups is 2. The summed E-state index contributed by atoms with van der Waals surface area (Å²) in [6, 6.07) is 0. The Balaban J connectivity index is 2.76. The Morgan fingerprint density at radius 3 is 2.53 bits per heavy atom. The van der Waals surface area contributed by atoms with Gasteiger partial charge in [-0.25, -0.2) is 9.69 Å².